The minimum absolute atomic E-state index is 0.00483. The van der Waals surface area contributed by atoms with Crippen molar-refractivity contribution >= 4 is 32.6 Å². The van der Waals surface area contributed by atoms with E-state index in [0.29, 0.717) is 54.8 Å². The van der Waals surface area contributed by atoms with Gasteiger partial charge in [0.2, 0.25) is 0 Å². The third-order valence-corrected chi connectivity index (χ3v) is 15.6. The molecule has 0 bridgehead atoms. The maximum absolute atomic E-state index is 13.8. The van der Waals surface area contributed by atoms with E-state index in [1.165, 1.54) is 0 Å². The van der Waals surface area contributed by atoms with E-state index in [-0.39, 0.29) is 17.6 Å². The summed E-state index contributed by atoms with van der Waals surface area (Å²) in [6.45, 7) is 1.97. The van der Waals surface area contributed by atoms with E-state index in [9.17, 15) is 22.2 Å². The lowest BCUT2D eigenvalue weighted by Crippen LogP contribution is -2.31. The monoisotopic (exact) mass is 902 g/mol. The number of carbonyl (C=O) groups is 2. The lowest BCUT2D eigenvalue weighted by molar-refractivity contribution is -0.140. The van der Waals surface area contributed by atoms with Crippen molar-refractivity contribution in [2.24, 2.45) is 0 Å². The minimum Gasteiger partial charge on any atom is -0.489 e. The molecule has 0 aliphatic carbocycles. The average molecular weight is 903 g/mol. The van der Waals surface area contributed by atoms with Crippen molar-refractivity contribution in [2.45, 2.75) is 41.6 Å². The fraction of sp³-hybridized carbons (Fsp3) is 0.255. The topological polar surface area (TPSA) is 163 Å². The predicted molar refractivity (Wildman–Crippen MR) is 246 cm³/mol. The molecule has 0 fully saturated rings. The van der Waals surface area contributed by atoms with E-state index < -0.39 is 55.8 Å². The summed E-state index contributed by atoms with van der Waals surface area (Å²) in [6.07, 6.45) is 1.09. The molecule has 11 nitrogen and oxygen atoms in total. The van der Waals surface area contributed by atoms with E-state index in [2.05, 4.69) is 0 Å². The van der Waals surface area contributed by atoms with Crippen LogP contribution in [0, 0.1) is 0 Å². The molecule has 0 saturated carbocycles. The summed E-state index contributed by atoms with van der Waals surface area (Å²) in [4.78, 5) is 21.7. The molecule has 13 heteroatoms. The first-order valence-electron chi connectivity index (χ1n) is 21.0. The van der Waals surface area contributed by atoms with Gasteiger partial charge in [-0.15, -0.1) is 0 Å². The van der Waals surface area contributed by atoms with E-state index in [1.807, 2.05) is 146 Å². The first-order valence-corrected chi connectivity index (χ1v) is 24.0. The number of hydrogen-bond acceptors (Lipinski definition) is 9. The summed E-state index contributed by atoms with van der Waals surface area (Å²) >= 11 is 0. The molecule has 2 aliphatic heterocycles. The summed E-state index contributed by atoms with van der Waals surface area (Å²) in [7, 11) is -4.69. The van der Waals surface area contributed by atoms with Crippen LogP contribution >= 0.6 is 0 Å². The largest absolute Gasteiger partial charge is 0.489 e. The molecule has 0 spiro atoms. The Bertz CT molecular complexity index is 2560. The summed E-state index contributed by atoms with van der Waals surface area (Å²) in [6, 6.07) is 49.3. The number of carboxylic acids is 2. The van der Waals surface area contributed by atoms with E-state index in [4.69, 9.17) is 29.2 Å². The second kappa shape index (κ2) is 20.8. The van der Waals surface area contributed by atoms with Crippen molar-refractivity contribution in [2.75, 3.05) is 37.9 Å². The molecule has 3 atom stereocenters. The van der Waals surface area contributed by atoms with Crippen molar-refractivity contribution in [3.8, 4) is 23.0 Å². The van der Waals surface area contributed by atoms with Crippen LogP contribution in [0.3, 0.4) is 0 Å². The van der Waals surface area contributed by atoms with Crippen molar-refractivity contribution in [3.05, 3.63) is 191 Å². The van der Waals surface area contributed by atoms with Gasteiger partial charge in [-0.05, 0) is 54.2 Å². The van der Waals surface area contributed by atoms with E-state index >= 15 is 0 Å². The van der Waals surface area contributed by atoms with Crippen LogP contribution in [-0.2, 0) is 35.0 Å². The van der Waals surface area contributed by atoms with Crippen LogP contribution in [0.25, 0.3) is 0 Å². The Morgan fingerprint density at radius 3 is 1.45 bits per heavy atom. The minimum atomic E-state index is -3.51. The Morgan fingerprint density at radius 2 is 1.03 bits per heavy atom. The zero-order valence-electron chi connectivity index (χ0n) is 35.3. The van der Waals surface area contributed by atoms with Gasteiger partial charge < -0.3 is 29.2 Å². The van der Waals surface area contributed by atoms with Gasteiger partial charge in [-0.25, -0.2) is 18.0 Å². The molecule has 2 N–H and O–H groups in total. The van der Waals surface area contributed by atoms with Crippen LogP contribution in [0.4, 0.5) is 0 Å². The number of hydrogen-bond donors (Lipinski definition) is 2. The Hall–Kier alpha value is -6.44. The van der Waals surface area contributed by atoms with Gasteiger partial charge in [-0.3, -0.25) is 4.21 Å². The first-order chi connectivity index (χ1) is 31.0. The molecule has 8 rings (SSSR count). The van der Waals surface area contributed by atoms with Gasteiger partial charge in [0.05, 0.1) is 23.7 Å². The summed E-state index contributed by atoms with van der Waals surface area (Å²) in [5.41, 5.74) is 5.36. The highest BCUT2D eigenvalue weighted by Gasteiger charge is 2.37. The average Bonchev–Trinajstić information content (AvgIpc) is 3.94. The Labute approximate surface area is 376 Å². The van der Waals surface area contributed by atoms with Gasteiger partial charge in [0, 0.05) is 39.5 Å². The molecule has 64 heavy (non-hydrogen) atoms. The SMILES string of the molecule is CC(c1ccccc1)(c1ccccc1)S(=O)CCC1COc2c(OCC(=O)O)cccc21.O=C(O)COc1cccc2c1OCC2CCS(=O)(=O)C(c1ccccc1)c1ccccc1. The van der Waals surface area contributed by atoms with E-state index in [0.717, 1.165) is 33.4 Å². The highest BCUT2D eigenvalue weighted by Crippen LogP contribution is 2.45. The quantitative estimate of drug-likeness (QED) is 0.0847. The number of aliphatic carboxylic acids is 2. The highest BCUT2D eigenvalue weighted by atomic mass is 32.2. The Morgan fingerprint density at radius 1 is 0.625 bits per heavy atom. The standard InChI is InChI=1S/C26H26O5S.C25H24O6S/c1-26(20-9-4-2-5-10-20,21-11-6-3-7-12-21)32(29)16-15-19-17-31-25-22(19)13-8-14-23(25)30-18-24(27)28;26-23(27)17-30-22-13-7-12-21-20(16-31-24(21)22)14-15-32(28,29)25(18-8-3-1-4-9-18)19-10-5-2-6-11-19/h2-14,19H,15-18H2,1H3,(H,27,28);1-13,20,25H,14-17H2,(H,26,27). The second-order valence-corrected chi connectivity index (χ2v) is 19.8. The lowest BCUT2D eigenvalue weighted by atomic mass is 9.92. The van der Waals surface area contributed by atoms with Gasteiger partial charge in [-0.1, -0.05) is 146 Å². The number of sulfone groups is 1. The number of benzene rings is 6. The van der Waals surface area contributed by atoms with Crippen LogP contribution < -0.4 is 18.9 Å². The fourth-order valence-corrected chi connectivity index (χ4v) is 11.9. The second-order valence-electron chi connectivity index (χ2n) is 15.7. The molecule has 0 aromatic heterocycles. The molecule has 6 aromatic carbocycles. The number of fused-ring (bicyclic) bond motifs is 2. The number of ether oxygens (including phenoxy) is 4. The van der Waals surface area contributed by atoms with Crippen LogP contribution in [0.2, 0.25) is 0 Å². The normalized spacial score (nSPS) is 15.7. The molecule has 332 valence electrons. The third kappa shape index (κ3) is 10.7. The third-order valence-electron chi connectivity index (χ3n) is 11.5. The van der Waals surface area contributed by atoms with Gasteiger partial charge in [0.25, 0.3) is 0 Å². The molecule has 0 amide bonds. The number of carboxylic acid groups (broad SMARTS) is 2. The molecule has 2 aliphatic rings. The first kappa shape index (κ1) is 45.6. The van der Waals surface area contributed by atoms with Gasteiger partial charge >= 0.3 is 11.9 Å². The Balaban J connectivity index is 0.000000191. The lowest BCUT2D eigenvalue weighted by Gasteiger charge is -2.30. The van der Waals surface area contributed by atoms with Crippen LogP contribution in [0.1, 0.15) is 70.2 Å². The Kier molecular flexibility index (Phi) is 14.8. The fourth-order valence-electron chi connectivity index (χ4n) is 8.23. The summed E-state index contributed by atoms with van der Waals surface area (Å²) < 4.78 is 62.4. The maximum Gasteiger partial charge on any atom is 0.341 e. The molecular weight excluding hydrogens is 853 g/mol. The predicted octanol–water partition coefficient (Wildman–Crippen LogP) is 8.95. The van der Waals surface area contributed by atoms with Crippen molar-refractivity contribution in [1.29, 1.82) is 0 Å². The summed E-state index contributed by atoms with van der Waals surface area (Å²) in [5, 5.41) is 17.0. The van der Waals surface area contributed by atoms with Crippen LogP contribution in [0.15, 0.2) is 158 Å². The van der Waals surface area contributed by atoms with E-state index in [1.54, 1.807) is 18.2 Å². The molecule has 6 aromatic rings. The molecule has 3 unspecified atom stereocenters. The van der Waals surface area contributed by atoms with Gasteiger partial charge in [-0.2, -0.15) is 0 Å². The zero-order valence-corrected chi connectivity index (χ0v) is 36.9. The van der Waals surface area contributed by atoms with Gasteiger partial charge in [0.1, 0.15) is 5.25 Å². The van der Waals surface area contributed by atoms with Gasteiger partial charge in [0.15, 0.2) is 46.0 Å². The van der Waals surface area contributed by atoms with Crippen LogP contribution in [0.5, 0.6) is 23.0 Å². The molecule has 2 heterocycles. The summed E-state index contributed by atoms with van der Waals surface area (Å²) in [5.74, 6) is 0.262. The highest BCUT2D eigenvalue weighted by molar-refractivity contribution is 7.91. The number of rotatable bonds is 18. The molecule has 0 saturated heterocycles. The number of para-hydroxylation sites is 2. The molecular formula is C51H50O11S2. The van der Waals surface area contributed by atoms with Crippen molar-refractivity contribution < 1.29 is 51.4 Å². The van der Waals surface area contributed by atoms with Crippen molar-refractivity contribution in [3.63, 3.8) is 0 Å². The van der Waals surface area contributed by atoms with Crippen LogP contribution in [-0.4, -0.2) is 72.7 Å². The maximum atomic E-state index is 13.8. The smallest absolute Gasteiger partial charge is 0.341 e. The van der Waals surface area contributed by atoms with Crippen molar-refractivity contribution in [1.82, 2.24) is 0 Å². The zero-order chi connectivity index (χ0) is 45.1. The molecule has 0 radical (unpaired) electrons.